The Bertz CT molecular complexity index is 518. The molecule has 3 N–H and O–H groups in total. The maximum absolute atomic E-state index is 12.1. The van der Waals surface area contributed by atoms with Gasteiger partial charge in [-0.15, -0.1) is 0 Å². The maximum Gasteiger partial charge on any atom is 0.319 e. The molecule has 1 aromatic rings. The third-order valence-electron chi connectivity index (χ3n) is 3.63. The maximum atomic E-state index is 12.1. The van der Waals surface area contributed by atoms with Gasteiger partial charge in [0.15, 0.2) is 0 Å². The van der Waals surface area contributed by atoms with E-state index >= 15 is 0 Å². The van der Waals surface area contributed by atoms with Crippen molar-refractivity contribution < 1.29 is 9.90 Å². The fourth-order valence-electron chi connectivity index (χ4n) is 2.70. The summed E-state index contributed by atoms with van der Waals surface area (Å²) in [6.07, 6.45) is 0.255. The number of aromatic nitrogens is 2. The van der Waals surface area contributed by atoms with Crippen LogP contribution < -0.4 is 10.6 Å². The molecule has 0 saturated heterocycles. The average molecular weight is 310 g/mol. The summed E-state index contributed by atoms with van der Waals surface area (Å²) in [5, 5.41) is 19.7. The van der Waals surface area contributed by atoms with E-state index in [1.54, 1.807) is 6.92 Å². The van der Waals surface area contributed by atoms with Crippen molar-refractivity contribution in [3.05, 3.63) is 11.4 Å². The van der Waals surface area contributed by atoms with Crippen LogP contribution in [0, 0.1) is 19.3 Å². The number of anilines is 1. The molecule has 1 aromatic heterocycles. The first kappa shape index (κ1) is 18.5. The Kier molecular flexibility index (Phi) is 6.00. The lowest BCUT2D eigenvalue weighted by molar-refractivity contribution is 0.129. The molecule has 0 aliphatic carbocycles. The van der Waals surface area contributed by atoms with Crippen LogP contribution in [0.5, 0.6) is 0 Å². The molecule has 2 amide bonds. The van der Waals surface area contributed by atoms with Crippen LogP contribution in [0.2, 0.25) is 0 Å². The zero-order valence-electron chi connectivity index (χ0n) is 14.8. The molecule has 0 aromatic carbocycles. The van der Waals surface area contributed by atoms with Gasteiger partial charge in [0.1, 0.15) is 0 Å². The zero-order chi connectivity index (χ0) is 17.1. The van der Waals surface area contributed by atoms with Crippen LogP contribution in [0.25, 0.3) is 0 Å². The van der Waals surface area contributed by atoms with Gasteiger partial charge in [0, 0.05) is 12.6 Å². The first-order valence-electron chi connectivity index (χ1n) is 7.82. The second-order valence-corrected chi connectivity index (χ2v) is 7.11. The molecular formula is C16H30N4O2. The monoisotopic (exact) mass is 310 g/mol. The molecular weight excluding hydrogens is 280 g/mol. The molecule has 0 fully saturated rings. The molecule has 1 heterocycles. The van der Waals surface area contributed by atoms with Crippen molar-refractivity contribution in [1.29, 1.82) is 0 Å². The van der Waals surface area contributed by atoms with Crippen molar-refractivity contribution >= 4 is 11.7 Å². The number of aryl methyl sites for hydroxylation is 1. The normalized spacial score (nSPS) is 13.3. The Labute approximate surface area is 133 Å². The molecule has 0 aliphatic rings. The number of nitrogens with one attached hydrogen (secondary N) is 2. The zero-order valence-corrected chi connectivity index (χ0v) is 14.8. The largest absolute Gasteiger partial charge is 0.393 e. The van der Waals surface area contributed by atoms with E-state index in [4.69, 9.17) is 0 Å². The van der Waals surface area contributed by atoms with Gasteiger partial charge in [0.25, 0.3) is 0 Å². The summed E-state index contributed by atoms with van der Waals surface area (Å²) in [6.45, 7) is 14.3. The third-order valence-corrected chi connectivity index (χ3v) is 3.63. The lowest BCUT2D eigenvalue weighted by Crippen LogP contribution is -2.38. The number of urea groups is 1. The Balaban J connectivity index is 2.67. The minimum atomic E-state index is -0.381. The van der Waals surface area contributed by atoms with Crippen LogP contribution in [0.3, 0.4) is 0 Å². The number of hydrogen-bond acceptors (Lipinski definition) is 3. The van der Waals surface area contributed by atoms with Crippen molar-refractivity contribution in [2.24, 2.45) is 5.41 Å². The standard InChI is InChI=1S/C16H30N4O2/c1-10(2)20-13(5)14(12(4)19-20)18-15(22)17-9-16(6,7)8-11(3)21/h10-11,21H,8-9H2,1-7H3,(H2,17,18,22). The van der Waals surface area contributed by atoms with Crippen molar-refractivity contribution in [3.8, 4) is 0 Å². The van der Waals surface area contributed by atoms with Gasteiger partial charge >= 0.3 is 6.03 Å². The Hall–Kier alpha value is -1.56. The number of amides is 2. The second-order valence-electron chi connectivity index (χ2n) is 7.11. The highest BCUT2D eigenvalue weighted by Crippen LogP contribution is 2.23. The van der Waals surface area contributed by atoms with Crippen molar-refractivity contribution in [3.63, 3.8) is 0 Å². The first-order chi connectivity index (χ1) is 10.0. The van der Waals surface area contributed by atoms with E-state index in [0.29, 0.717) is 13.0 Å². The highest BCUT2D eigenvalue weighted by molar-refractivity contribution is 5.90. The molecule has 0 bridgehead atoms. The van der Waals surface area contributed by atoms with Crippen LogP contribution in [-0.4, -0.2) is 33.6 Å². The summed E-state index contributed by atoms with van der Waals surface area (Å²) in [5.41, 5.74) is 2.37. The Morgan fingerprint density at radius 2 is 1.91 bits per heavy atom. The van der Waals surface area contributed by atoms with E-state index in [2.05, 4.69) is 29.6 Å². The summed E-state index contributed by atoms with van der Waals surface area (Å²) in [6, 6.07) is 0.00969. The number of rotatable bonds is 6. The molecule has 0 aliphatic heterocycles. The summed E-state index contributed by atoms with van der Waals surface area (Å²) < 4.78 is 1.91. The van der Waals surface area contributed by atoms with E-state index in [-0.39, 0.29) is 23.6 Å². The molecule has 0 radical (unpaired) electrons. The van der Waals surface area contributed by atoms with Crippen molar-refractivity contribution in [2.75, 3.05) is 11.9 Å². The molecule has 6 heteroatoms. The summed E-state index contributed by atoms with van der Waals surface area (Å²) >= 11 is 0. The number of carbonyl (C=O) groups excluding carboxylic acids is 1. The Morgan fingerprint density at radius 3 is 2.36 bits per heavy atom. The molecule has 0 saturated carbocycles. The van der Waals surface area contributed by atoms with Crippen molar-refractivity contribution in [2.45, 2.75) is 67.0 Å². The predicted octanol–water partition coefficient (Wildman–Crippen LogP) is 3.00. The van der Waals surface area contributed by atoms with Gasteiger partial charge in [-0.05, 0) is 46.5 Å². The fraction of sp³-hybridized carbons (Fsp3) is 0.750. The van der Waals surface area contributed by atoms with Crippen LogP contribution in [0.15, 0.2) is 0 Å². The van der Waals surface area contributed by atoms with Gasteiger partial charge in [-0.25, -0.2) is 4.79 Å². The van der Waals surface area contributed by atoms with Crippen molar-refractivity contribution in [1.82, 2.24) is 15.1 Å². The second kappa shape index (κ2) is 7.13. The molecule has 22 heavy (non-hydrogen) atoms. The average Bonchev–Trinajstić information content (AvgIpc) is 2.63. The molecule has 1 rings (SSSR count). The van der Waals surface area contributed by atoms with Gasteiger partial charge in [0.2, 0.25) is 0 Å². The summed E-state index contributed by atoms with van der Waals surface area (Å²) in [5.74, 6) is 0. The minimum Gasteiger partial charge on any atom is -0.393 e. The lowest BCUT2D eigenvalue weighted by atomic mass is 9.87. The molecule has 0 spiro atoms. The number of carbonyl (C=O) groups is 1. The SMILES string of the molecule is Cc1nn(C(C)C)c(C)c1NC(=O)NCC(C)(C)CC(C)O. The first-order valence-corrected chi connectivity index (χ1v) is 7.82. The molecule has 126 valence electrons. The van der Waals surface area contributed by atoms with Crippen LogP contribution in [0.1, 0.15) is 58.5 Å². The number of aliphatic hydroxyl groups excluding tert-OH is 1. The van der Waals surface area contributed by atoms with Crippen LogP contribution >= 0.6 is 0 Å². The van der Waals surface area contributed by atoms with Crippen LogP contribution in [0.4, 0.5) is 10.5 Å². The predicted molar refractivity (Wildman–Crippen MR) is 89.2 cm³/mol. The van der Waals surface area contributed by atoms with E-state index in [9.17, 15) is 9.90 Å². The molecule has 1 unspecified atom stereocenters. The van der Waals surface area contributed by atoms with E-state index in [1.807, 2.05) is 32.4 Å². The van der Waals surface area contributed by atoms with Gasteiger partial charge in [-0.1, -0.05) is 13.8 Å². The highest BCUT2D eigenvalue weighted by atomic mass is 16.3. The third kappa shape index (κ3) is 5.02. The summed E-state index contributed by atoms with van der Waals surface area (Å²) in [4.78, 5) is 12.1. The van der Waals surface area contributed by atoms with E-state index < -0.39 is 0 Å². The highest BCUT2D eigenvalue weighted by Gasteiger charge is 2.22. The fourth-order valence-corrected chi connectivity index (χ4v) is 2.70. The van der Waals surface area contributed by atoms with Gasteiger partial charge < -0.3 is 15.7 Å². The minimum absolute atomic E-state index is 0.155. The quantitative estimate of drug-likeness (QED) is 0.755. The van der Waals surface area contributed by atoms with Gasteiger partial charge in [-0.3, -0.25) is 4.68 Å². The van der Waals surface area contributed by atoms with Gasteiger partial charge in [0.05, 0.1) is 23.2 Å². The number of hydrogen-bond donors (Lipinski definition) is 3. The molecule has 1 atom stereocenters. The van der Waals surface area contributed by atoms with E-state index in [0.717, 1.165) is 17.1 Å². The van der Waals surface area contributed by atoms with Gasteiger partial charge in [-0.2, -0.15) is 5.10 Å². The Morgan fingerprint density at radius 1 is 1.32 bits per heavy atom. The number of nitrogens with zero attached hydrogens (tertiary/aromatic N) is 2. The van der Waals surface area contributed by atoms with E-state index in [1.165, 1.54) is 0 Å². The van der Waals surface area contributed by atoms with Crippen LogP contribution in [-0.2, 0) is 0 Å². The topological polar surface area (TPSA) is 79.2 Å². The smallest absolute Gasteiger partial charge is 0.319 e. The summed E-state index contributed by atoms with van der Waals surface area (Å²) in [7, 11) is 0. The molecule has 6 nitrogen and oxygen atoms in total. The lowest BCUT2D eigenvalue weighted by Gasteiger charge is -2.26. The number of aliphatic hydroxyl groups is 1.